The summed E-state index contributed by atoms with van der Waals surface area (Å²) >= 11 is 0. The normalized spacial score (nSPS) is 11.5. The Morgan fingerprint density at radius 1 is 1.37 bits per heavy atom. The lowest BCUT2D eigenvalue weighted by molar-refractivity contribution is 0.0696. The summed E-state index contributed by atoms with van der Waals surface area (Å²) in [4.78, 5) is 19.2. The Balaban J connectivity index is 2.49. The molecule has 19 heavy (non-hydrogen) atoms. The molecule has 2 aromatic rings. The number of hydrogen-bond acceptors (Lipinski definition) is 4. The standard InChI is InChI=1S/C14H16N2O3/c1-4-14(2,3)19-12-10-6-5-9(13(17)18)7-11(10)15-8-16-12/h5-8H,4H2,1-3H3,(H,17,18). The van der Waals surface area contributed by atoms with Gasteiger partial charge in [-0.3, -0.25) is 0 Å². The molecule has 0 aliphatic rings. The zero-order chi connectivity index (χ0) is 14.0. The molecule has 0 amide bonds. The van der Waals surface area contributed by atoms with Gasteiger partial charge in [0.1, 0.15) is 11.9 Å². The van der Waals surface area contributed by atoms with Crippen LogP contribution in [-0.4, -0.2) is 26.6 Å². The second-order valence-electron chi connectivity index (χ2n) is 4.93. The smallest absolute Gasteiger partial charge is 0.335 e. The average molecular weight is 260 g/mol. The van der Waals surface area contributed by atoms with E-state index in [1.165, 1.54) is 18.5 Å². The second kappa shape index (κ2) is 4.84. The molecule has 0 bridgehead atoms. The van der Waals surface area contributed by atoms with Gasteiger partial charge in [-0.2, -0.15) is 0 Å². The minimum atomic E-state index is -0.975. The first kappa shape index (κ1) is 13.3. The van der Waals surface area contributed by atoms with Crippen molar-refractivity contribution in [3.05, 3.63) is 30.1 Å². The molecule has 1 aromatic carbocycles. The number of benzene rings is 1. The number of hydrogen-bond donors (Lipinski definition) is 1. The van der Waals surface area contributed by atoms with Crippen LogP contribution < -0.4 is 4.74 Å². The van der Waals surface area contributed by atoms with Crippen molar-refractivity contribution in [2.24, 2.45) is 0 Å². The van der Waals surface area contributed by atoms with Crippen LogP contribution in [-0.2, 0) is 0 Å². The van der Waals surface area contributed by atoms with Crippen molar-refractivity contribution in [1.29, 1.82) is 0 Å². The number of aromatic carboxylic acids is 1. The lowest BCUT2D eigenvalue weighted by Gasteiger charge is -2.24. The summed E-state index contributed by atoms with van der Waals surface area (Å²) in [5, 5.41) is 9.68. The van der Waals surface area contributed by atoms with Crippen LogP contribution in [0.2, 0.25) is 0 Å². The number of carboxylic acids is 1. The van der Waals surface area contributed by atoms with Crippen molar-refractivity contribution in [3.8, 4) is 5.88 Å². The third-order valence-electron chi connectivity index (χ3n) is 3.07. The molecule has 0 spiro atoms. The van der Waals surface area contributed by atoms with E-state index in [1.807, 2.05) is 20.8 Å². The predicted molar refractivity (Wildman–Crippen MR) is 71.5 cm³/mol. The van der Waals surface area contributed by atoms with Crippen LogP contribution in [0.25, 0.3) is 10.9 Å². The molecular formula is C14H16N2O3. The molecule has 0 aliphatic heterocycles. The van der Waals surface area contributed by atoms with Gasteiger partial charge >= 0.3 is 5.97 Å². The lowest BCUT2D eigenvalue weighted by atomic mass is 10.1. The van der Waals surface area contributed by atoms with E-state index >= 15 is 0 Å². The fraction of sp³-hybridized carbons (Fsp3) is 0.357. The van der Waals surface area contributed by atoms with Crippen LogP contribution in [0, 0.1) is 0 Å². The quantitative estimate of drug-likeness (QED) is 0.915. The molecule has 0 saturated heterocycles. The third-order valence-corrected chi connectivity index (χ3v) is 3.07. The van der Waals surface area contributed by atoms with Crippen molar-refractivity contribution in [3.63, 3.8) is 0 Å². The molecule has 0 saturated carbocycles. The Morgan fingerprint density at radius 3 is 2.74 bits per heavy atom. The average Bonchev–Trinajstić information content (AvgIpc) is 2.38. The number of ether oxygens (including phenoxy) is 1. The van der Waals surface area contributed by atoms with Gasteiger partial charge in [0.25, 0.3) is 0 Å². The van der Waals surface area contributed by atoms with Crippen LogP contribution in [0.5, 0.6) is 5.88 Å². The van der Waals surface area contributed by atoms with Gasteiger partial charge in [-0.25, -0.2) is 14.8 Å². The van der Waals surface area contributed by atoms with Gasteiger partial charge in [-0.15, -0.1) is 0 Å². The summed E-state index contributed by atoms with van der Waals surface area (Å²) in [5.41, 5.74) is 0.441. The number of rotatable bonds is 4. The maximum Gasteiger partial charge on any atom is 0.335 e. The molecule has 5 heteroatoms. The molecule has 0 fully saturated rings. The Kier molecular flexibility index (Phi) is 3.38. The van der Waals surface area contributed by atoms with E-state index in [-0.39, 0.29) is 11.2 Å². The van der Waals surface area contributed by atoms with Gasteiger partial charge in [-0.05, 0) is 38.5 Å². The third kappa shape index (κ3) is 2.81. The molecule has 0 atom stereocenters. The fourth-order valence-electron chi connectivity index (χ4n) is 1.58. The predicted octanol–water partition coefficient (Wildman–Crippen LogP) is 2.90. The van der Waals surface area contributed by atoms with Gasteiger partial charge in [0, 0.05) is 0 Å². The highest BCUT2D eigenvalue weighted by atomic mass is 16.5. The maximum atomic E-state index is 10.9. The maximum absolute atomic E-state index is 10.9. The Hall–Kier alpha value is -2.17. The number of carboxylic acid groups (broad SMARTS) is 1. The van der Waals surface area contributed by atoms with E-state index in [4.69, 9.17) is 9.84 Å². The van der Waals surface area contributed by atoms with Crippen molar-refractivity contribution < 1.29 is 14.6 Å². The number of fused-ring (bicyclic) bond motifs is 1. The highest BCUT2D eigenvalue weighted by Gasteiger charge is 2.19. The summed E-state index contributed by atoms with van der Waals surface area (Å²) < 4.78 is 5.87. The summed E-state index contributed by atoms with van der Waals surface area (Å²) in [7, 11) is 0. The molecule has 5 nitrogen and oxygen atoms in total. The van der Waals surface area contributed by atoms with E-state index in [0.717, 1.165) is 6.42 Å². The first-order valence-corrected chi connectivity index (χ1v) is 6.10. The lowest BCUT2D eigenvalue weighted by Crippen LogP contribution is -2.27. The van der Waals surface area contributed by atoms with E-state index < -0.39 is 5.97 Å². The SMILES string of the molecule is CCC(C)(C)Oc1ncnc2cc(C(=O)O)ccc12. The van der Waals surface area contributed by atoms with Crippen molar-refractivity contribution in [2.75, 3.05) is 0 Å². The van der Waals surface area contributed by atoms with Gasteiger partial charge in [-0.1, -0.05) is 6.92 Å². The summed E-state index contributed by atoms with van der Waals surface area (Å²) in [6.45, 7) is 5.99. The van der Waals surface area contributed by atoms with Crippen molar-refractivity contribution in [2.45, 2.75) is 32.8 Å². The number of carbonyl (C=O) groups is 1. The second-order valence-corrected chi connectivity index (χ2v) is 4.93. The van der Waals surface area contributed by atoms with E-state index in [0.29, 0.717) is 16.8 Å². The topological polar surface area (TPSA) is 72.3 Å². The number of aromatic nitrogens is 2. The molecule has 2 rings (SSSR count). The van der Waals surface area contributed by atoms with E-state index in [1.54, 1.807) is 6.07 Å². The monoisotopic (exact) mass is 260 g/mol. The molecule has 1 N–H and O–H groups in total. The fourth-order valence-corrected chi connectivity index (χ4v) is 1.58. The highest BCUT2D eigenvalue weighted by molar-refractivity contribution is 5.94. The van der Waals surface area contributed by atoms with Crippen LogP contribution >= 0.6 is 0 Å². The zero-order valence-corrected chi connectivity index (χ0v) is 11.2. The first-order valence-electron chi connectivity index (χ1n) is 6.10. The van der Waals surface area contributed by atoms with Crippen LogP contribution in [0.4, 0.5) is 0 Å². The summed E-state index contributed by atoms with van der Waals surface area (Å²) in [6.07, 6.45) is 2.22. The Bertz CT molecular complexity index is 623. The number of nitrogens with zero attached hydrogens (tertiary/aromatic N) is 2. The van der Waals surface area contributed by atoms with E-state index in [9.17, 15) is 4.79 Å². The van der Waals surface area contributed by atoms with Crippen LogP contribution in [0.15, 0.2) is 24.5 Å². The molecular weight excluding hydrogens is 244 g/mol. The summed E-state index contributed by atoms with van der Waals surface area (Å²) in [6, 6.07) is 4.73. The van der Waals surface area contributed by atoms with Crippen molar-refractivity contribution >= 4 is 16.9 Å². The molecule has 0 aliphatic carbocycles. The minimum absolute atomic E-state index is 0.201. The van der Waals surface area contributed by atoms with Gasteiger partial charge in [0.15, 0.2) is 0 Å². The largest absolute Gasteiger partial charge is 0.478 e. The first-order chi connectivity index (χ1) is 8.93. The molecule has 0 unspecified atom stereocenters. The Labute approximate surface area is 111 Å². The van der Waals surface area contributed by atoms with Gasteiger partial charge in [0.05, 0.1) is 16.5 Å². The van der Waals surface area contributed by atoms with Crippen LogP contribution in [0.3, 0.4) is 0 Å². The Morgan fingerprint density at radius 2 is 2.11 bits per heavy atom. The van der Waals surface area contributed by atoms with Crippen LogP contribution in [0.1, 0.15) is 37.6 Å². The van der Waals surface area contributed by atoms with E-state index in [2.05, 4.69) is 9.97 Å². The summed E-state index contributed by atoms with van der Waals surface area (Å²) in [5.74, 6) is -0.495. The molecule has 1 aromatic heterocycles. The molecule has 100 valence electrons. The molecule has 1 heterocycles. The van der Waals surface area contributed by atoms with Gasteiger partial charge < -0.3 is 9.84 Å². The zero-order valence-electron chi connectivity index (χ0n) is 11.2. The minimum Gasteiger partial charge on any atom is -0.478 e. The van der Waals surface area contributed by atoms with Crippen molar-refractivity contribution in [1.82, 2.24) is 9.97 Å². The molecule has 0 radical (unpaired) electrons. The van der Waals surface area contributed by atoms with Gasteiger partial charge in [0.2, 0.25) is 5.88 Å². The highest BCUT2D eigenvalue weighted by Crippen LogP contribution is 2.26.